The fourth-order valence-electron chi connectivity index (χ4n) is 5.15. The molecule has 178 valence electrons. The third-order valence-corrected chi connectivity index (χ3v) is 6.74. The van der Waals surface area contributed by atoms with Gasteiger partial charge in [-0.1, -0.05) is 11.6 Å². The second kappa shape index (κ2) is 9.43. The summed E-state index contributed by atoms with van der Waals surface area (Å²) < 4.78 is 5.13. The van der Waals surface area contributed by atoms with Gasteiger partial charge in [0, 0.05) is 34.6 Å². The van der Waals surface area contributed by atoms with E-state index in [1.54, 1.807) is 12.1 Å². The van der Waals surface area contributed by atoms with Crippen LogP contribution in [-0.2, 0) is 14.3 Å². The molecule has 2 fully saturated rings. The lowest BCUT2D eigenvalue weighted by molar-refractivity contribution is -0.151. The minimum atomic E-state index is -0.411. The Bertz CT molecular complexity index is 1040. The Kier molecular flexibility index (Phi) is 6.77. The van der Waals surface area contributed by atoms with Crippen LogP contribution in [0.15, 0.2) is 24.5 Å². The Balaban J connectivity index is 1.50. The predicted molar refractivity (Wildman–Crippen MR) is 128 cm³/mol. The van der Waals surface area contributed by atoms with Crippen molar-refractivity contribution in [3.63, 3.8) is 0 Å². The second-order valence-corrected chi connectivity index (χ2v) is 10.4. The van der Waals surface area contributed by atoms with Crippen LogP contribution in [-0.4, -0.2) is 64.1 Å². The molecular formula is C24H32ClN5O3. The fourth-order valence-corrected chi connectivity index (χ4v) is 5.32. The lowest BCUT2D eigenvalue weighted by Gasteiger charge is -2.41. The van der Waals surface area contributed by atoms with E-state index in [2.05, 4.69) is 41.4 Å². The normalized spacial score (nSPS) is 26.0. The van der Waals surface area contributed by atoms with Crippen molar-refractivity contribution >= 4 is 40.2 Å². The quantitative estimate of drug-likeness (QED) is 0.642. The molecule has 0 spiro atoms. The first-order valence-electron chi connectivity index (χ1n) is 11.5. The summed E-state index contributed by atoms with van der Waals surface area (Å²) in [6.07, 6.45) is 4.45. The maximum absolute atomic E-state index is 13.4. The number of hydrogen-bond acceptors (Lipinski definition) is 7. The van der Waals surface area contributed by atoms with Crippen LogP contribution in [0.25, 0.3) is 10.9 Å². The Morgan fingerprint density at radius 2 is 2.00 bits per heavy atom. The van der Waals surface area contributed by atoms with Gasteiger partial charge in [0.1, 0.15) is 18.2 Å². The number of hydrogen-bond donors (Lipinski definition) is 2. The van der Waals surface area contributed by atoms with Crippen molar-refractivity contribution in [3.05, 3.63) is 29.5 Å². The number of halogens is 1. The number of aromatic nitrogens is 2. The van der Waals surface area contributed by atoms with Gasteiger partial charge in [-0.15, -0.1) is 0 Å². The Morgan fingerprint density at radius 3 is 2.73 bits per heavy atom. The average Bonchev–Trinajstić information content (AvgIpc) is 3.12. The minimum absolute atomic E-state index is 0.00933. The third kappa shape index (κ3) is 5.22. The molecule has 9 heteroatoms. The van der Waals surface area contributed by atoms with E-state index in [4.69, 9.17) is 16.3 Å². The number of carbonyl (C=O) groups is 2. The number of nitrogens with one attached hydrogen (secondary N) is 2. The number of likely N-dealkylation sites (tertiary alicyclic amines) is 1. The van der Waals surface area contributed by atoms with Crippen LogP contribution in [0.2, 0.25) is 5.02 Å². The SMILES string of the molecule is COC(=O)[C@@H]1C[C@H](NC(C)(C)C)CC[C@@H]1N1CC[C@H](Nc2ncnc3ccc(Cl)cc23)C1=O. The molecule has 1 aliphatic heterocycles. The van der Waals surface area contributed by atoms with Crippen molar-refractivity contribution in [2.75, 3.05) is 19.0 Å². The predicted octanol–water partition coefficient (Wildman–Crippen LogP) is 3.39. The molecule has 2 aromatic rings. The zero-order valence-electron chi connectivity index (χ0n) is 19.6. The maximum Gasteiger partial charge on any atom is 0.310 e. The van der Waals surface area contributed by atoms with Gasteiger partial charge in [-0.2, -0.15) is 0 Å². The monoisotopic (exact) mass is 473 g/mol. The molecule has 1 aliphatic carbocycles. The molecule has 2 aliphatic rings. The van der Waals surface area contributed by atoms with E-state index in [9.17, 15) is 9.59 Å². The van der Waals surface area contributed by atoms with Gasteiger partial charge in [0.05, 0.1) is 18.5 Å². The summed E-state index contributed by atoms with van der Waals surface area (Å²) >= 11 is 6.16. The molecule has 1 amide bonds. The molecule has 4 rings (SSSR count). The smallest absolute Gasteiger partial charge is 0.310 e. The lowest BCUT2D eigenvalue weighted by Crippen LogP contribution is -2.54. The zero-order chi connectivity index (χ0) is 23.8. The zero-order valence-corrected chi connectivity index (χ0v) is 20.4. The summed E-state index contributed by atoms with van der Waals surface area (Å²) in [5.74, 6) is -0.0127. The molecule has 1 saturated carbocycles. The Morgan fingerprint density at radius 1 is 1.21 bits per heavy atom. The highest BCUT2D eigenvalue weighted by molar-refractivity contribution is 6.31. The molecule has 8 nitrogen and oxygen atoms in total. The number of nitrogens with zero attached hydrogens (tertiary/aromatic N) is 3. The number of anilines is 1. The topological polar surface area (TPSA) is 96.5 Å². The first-order valence-corrected chi connectivity index (χ1v) is 11.9. The van der Waals surface area contributed by atoms with Crippen molar-refractivity contribution in [3.8, 4) is 0 Å². The highest BCUT2D eigenvalue weighted by Crippen LogP contribution is 2.34. The van der Waals surface area contributed by atoms with Crippen molar-refractivity contribution in [1.29, 1.82) is 0 Å². The first-order chi connectivity index (χ1) is 15.7. The summed E-state index contributed by atoms with van der Waals surface area (Å²) in [5.41, 5.74) is 0.717. The Hall–Kier alpha value is -2.45. The number of fused-ring (bicyclic) bond motifs is 1. The molecule has 2 heterocycles. The van der Waals surface area contributed by atoms with Crippen molar-refractivity contribution < 1.29 is 14.3 Å². The summed E-state index contributed by atoms with van der Waals surface area (Å²) in [4.78, 5) is 36.6. The van der Waals surface area contributed by atoms with E-state index in [1.165, 1.54) is 13.4 Å². The molecule has 0 radical (unpaired) electrons. The van der Waals surface area contributed by atoms with Gasteiger partial charge in [-0.3, -0.25) is 9.59 Å². The molecule has 4 atom stereocenters. The molecule has 33 heavy (non-hydrogen) atoms. The molecule has 1 aromatic heterocycles. The van der Waals surface area contributed by atoms with E-state index < -0.39 is 6.04 Å². The number of benzene rings is 1. The summed E-state index contributed by atoms with van der Waals surface area (Å²) in [5, 5.41) is 8.26. The number of carbonyl (C=O) groups excluding carboxylic acids is 2. The van der Waals surface area contributed by atoms with Crippen molar-refractivity contribution in [1.82, 2.24) is 20.2 Å². The maximum atomic E-state index is 13.4. The van der Waals surface area contributed by atoms with Gasteiger partial charge < -0.3 is 20.3 Å². The first kappa shape index (κ1) is 23.7. The van der Waals surface area contributed by atoms with Crippen molar-refractivity contribution in [2.45, 2.75) is 70.1 Å². The van der Waals surface area contributed by atoms with E-state index in [-0.39, 0.29) is 35.4 Å². The van der Waals surface area contributed by atoms with Crippen LogP contribution >= 0.6 is 11.6 Å². The summed E-state index contributed by atoms with van der Waals surface area (Å²) in [7, 11) is 1.42. The van der Waals surface area contributed by atoms with Crippen LogP contribution in [0, 0.1) is 5.92 Å². The average molecular weight is 474 g/mol. The number of amides is 1. The van der Waals surface area contributed by atoms with E-state index in [0.29, 0.717) is 30.2 Å². The standard InChI is InChI=1S/C24H32ClN5O3/c1-24(2,3)29-15-6-8-20(17(12-15)23(32)33-4)30-10-9-19(22(30)31)28-21-16-11-14(25)5-7-18(16)26-13-27-21/h5,7,11,13,15,17,19-20,29H,6,8-10,12H2,1-4H3,(H,26,27,28)/t15-,17-,19+,20+/m1/s1. The van der Waals surface area contributed by atoms with Gasteiger partial charge >= 0.3 is 5.97 Å². The van der Waals surface area contributed by atoms with Crippen LogP contribution in [0.5, 0.6) is 0 Å². The largest absolute Gasteiger partial charge is 0.469 e. The van der Waals surface area contributed by atoms with Gasteiger partial charge in [-0.05, 0) is 64.7 Å². The summed E-state index contributed by atoms with van der Waals surface area (Å²) in [6.45, 7) is 6.96. The third-order valence-electron chi connectivity index (χ3n) is 6.50. The Labute approximate surface area is 199 Å². The highest BCUT2D eigenvalue weighted by atomic mass is 35.5. The van der Waals surface area contributed by atoms with Crippen LogP contribution in [0.1, 0.15) is 46.5 Å². The van der Waals surface area contributed by atoms with Gasteiger partial charge in [0.2, 0.25) is 5.91 Å². The molecule has 1 aromatic carbocycles. The lowest BCUT2D eigenvalue weighted by atomic mass is 9.80. The van der Waals surface area contributed by atoms with E-state index >= 15 is 0 Å². The van der Waals surface area contributed by atoms with Crippen LogP contribution < -0.4 is 10.6 Å². The number of methoxy groups -OCH3 is 1. The number of esters is 1. The second-order valence-electron chi connectivity index (χ2n) is 10.0. The van der Waals surface area contributed by atoms with E-state index in [0.717, 1.165) is 23.7 Å². The van der Waals surface area contributed by atoms with Crippen LogP contribution in [0.3, 0.4) is 0 Å². The number of rotatable bonds is 5. The molecule has 2 N–H and O–H groups in total. The molecule has 1 saturated heterocycles. The van der Waals surface area contributed by atoms with Gasteiger partial charge in [0.15, 0.2) is 0 Å². The highest BCUT2D eigenvalue weighted by Gasteiger charge is 2.45. The van der Waals surface area contributed by atoms with Crippen LogP contribution in [0.4, 0.5) is 5.82 Å². The fraction of sp³-hybridized carbons (Fsp3) is 0.583. The number of ether oxygens (including phenoxy) is 1. The molecule has 0 unspecified atom stereocenters. The minimum Gasteiger partial charge on any atom is -0.469 e. The van der Waals surface area contributed by atoms with Gasteiger partial charge in [-0.25, -0.2) is 9.97 Å². The summed E-state index contributed by atoms with van der Waals surface area (Å²) in [6, 6.07) is 5.05. The molecule has 0 bridgehead atoms. The van der Waals surface area contributed by atoms with Gasteiger partial charge in [0.25, 0.3) is 0 Å². The molecular weight excluding hydrogens is 442 g/mol. The van der Waals surface area contributed by atoms with Crippen molar-refractivity contribution in [2.24, 2.45) is 5.92 Å². The van der Waals surface area contributed by atoms with E-state index in [1.807, 2.05) is 11.0 Å².